The Morgan fingerprint density at radius 1 is 1.00 bits per heavy atom. The molecule has 1 atom stereocenters. The van der Waals surface area contributed by atoms with Crippen molar-refractivity contribution in [1.82, 2.24) is 0 Å². The zero-order valence-corrected chi connectivity index (χ0v) is 11.3. The van der Waals surface area contributed by atoms with Crippen LogP contribution in [0, 0.1) is 0 Å². The van der Waals surface area contributed by atoms with Crippen LogP contribution in [-0.2, 0) is 4.79 Å². The summed E-state index contributed by atoms with van der Waals surface area (Å²) in [6, 6.07) is 18.9. The van der Waals surface area contributed by atoms with Crippen LogP contribution < -0.4 is 5.32 Å². The van der Waals surface area contributed by atoms with E-state index in [9.17, 15) is 9.90 Å². The van der Waals surface area contributed by atoms with Gasteiger partial charge in [0.1, 0.15) is 0 Å². The number of nitrogens with one attached hydrogen (secondary N) is 1. The molecule has 1 amide bonds. The van der Waals surface area contributed by atoms with Gasteiger partial charge in [0.05, 0.1) is 6.10 Å². The number of hydrogen-bond donors (Lipinski definition) is 2. The zero-order valence-electron chi connectivity index (χ0n) is 11.3. The molecule has 0 aromatic heterocycles. The Labute approximate surface area is 119 Å². The molecular formula is C17H19NO2. The van der Waals surface area contributed by atoms with Gasteiger partial charge < -0.3 is 10.4 Å². The Balaban J connectivity index is 1.72. The van der Waals surface area contributed by atoms with Crippen molar-refractivity contribution >= 4 is 11.6 Å². The van der Waals surface area contributed by atoms with E-state index in [1.165, 1.54) is 0 Å². The van der Waals surface area contributed by atoms with Gasteiger partial charge in [0.15, 0.2) is 0 Å². The lowest BCUT2D eigenvalue weighted by Gasteiger charge is -2.10. The number of amides is 1. The summed E-state index contributed by atoms with van der Waals surface area (Å²) in [5.74, 6) is -0.0172. The van der Waals surface area contributed by atoms with Crippen LogP contribution in [0.2, 0.25) is 0 Å². The van der Waals surface area contributed by atoms with Gasteiger partial charge in [0.25, 0.3) is 0 Å². The fourth-order valence-corrected chi connectivity index (χ4v) is 2.04. The van der Waals surface area contributed by atoms with Crippen molar-refractivity contribution in [2.24, 2.45) is 0 Å². The third-order valence-corrected chi connectivity index (χ3v) is 3.12. The van der Waals surface area contributed by atoms with Crippen molar-refractivity contribution in [3.63, 3.8) is 0 Å². The average molecular weight is 269 g/mol. The molecule has 2 N–H and O–H groups in total. The maximum atomic E-state index is 11.7. The normalized spacial score (nSPS) is 11.8. The van der Waals surface area contributed by atoms with E-state index in [2.05, 4.69) is 5.32 Å². The number of carbonyl (C=O) groups is 1. The minimum absolute atomic E-state index is 0.0172. The van der Waals surface area contributed by atoms with Crippen LogP contribution in [0.25, 0.3) is 0 Å². The maximum Gasteiger partial charge on any atom is 0.224 e. The molecule has 0 spiro atoms. The lowest BCUT2D eigenvalue weighted by molar-refractivity contribution is -0.116. The smallest absolute Gasteiger partial charge is 0.224 e. The molecule has 1 unspecified atom stereocenters. The first kappa shape index (κ1) is 14.3. The fourth-order valence-electron chi connectivity index (χ4n) is 2.04. The molecule has 0 aliphatic carbocycles. The molecule has 2 aromatic rings. The van der Waals surface area contributed by atoms with Gasteiger partial charge in [-0.05, 0) is 30.5 Å². The van der Waals surface area contributed by atoms with Gasteiger partial charge in [0, 0.05) is 12.1 Å². The second kappa shape index (κ2) is 7.46. The second-order valence-corrected chi connectivity index (χ2v) is 4.73. The second-order valence-electron chi connectivity index (χ2n) is 4.73. The van der Waals surface area contributed by atoms with Gasteiger partial charge >= 0.3 is 0 Å². The predicted octanol–water partition coefficient (Wildman–Crippen LogP) is 3.53. The summed E-state index contributed by atoms with van der Waals surface area (Å²) >= 11 is 0. The maximum absolute atomic E-state index is 11.7. The molecule has 20 heavy (non-hydrogen) atoms. The standard InChI is InChI=1S/C17H19NO2/c19-16(14-8-3-1-4-9-14)12-7-13-17(20)18-15-10-5-2-6-11-15/h1-6,8-11,16,19H,7,12-13H2,(H,18,20). The molecule has 2 rings (SSSR count). The molecular weight excluding hydrogens is 250 g/mol. The molecule has 0 fully saturated rings. The Morgan fingerprint density at radius 2 is 1.60 bits per heavy atom. The minimum Gasteiger partial charge on any atom is -0.388 e. The van der Waals surface area contributed by atoms with Gasteiger partial charge in [-0.25, -0.2) is 0 Å². The molecule has 0 heterocycles. The van der Waals surface area contributed by atoms with Crippen LogP contribution in [0.3, 0.4) is 0 Å². The molecule has 0 bridgehead atoms. The molecule has 0 saturated heterocycles. The van der Waals surface area contributed by atoms with Gasteiger partial charge in [-0.1, -0.05) is 48.5 Å². The summed E-state index contributed by atoms with van der Waals surface area (Å²) in [5.41, 5.74) is 1.71. The first-order chi connectivity index (χ1) is 9.75. The Bertz CT molecular complexity index is 525. The molecule has 3 heteroatoms. The third-order valence-electron chi connectivity index (χ3n) is 3.12. The van der Waals surface area contributed by atoms with Crippen LogP contribution in [0.1, 0.15) is 30.9 Å². The Kier molecular flexibility index (Phi) is 5.33. The summed E-state index contributed by atoms with van der Waals surface area (Å²) in [7, 11) is 0. The monoisotopic (exact) mass is 269 g/mol. The summed E-state index contributed by atoms with van der Waals surface area (Å²) < 4.78 is 0. The predicted molar refractivity (Wildman–Crippen MR) is 80.3 cm³/mol. The summed E-state index contributed by atoms with van der Waals surface area (Å²) in [6.45, 7) is 0. The minimum atomic E-state index is -0.499. The van der Waals surface area contributed by atoms with Crippen LogP contribution in [0.15, 0.2) is 60.7 Å². The lowest BCUT2D eigenvalue weighted by Crippen LogP contribution is -2.11. The highest BCUT2D eigenvalue weighted by Crippen LogP contribution is 2.18. The van der Waals surface area contributed by atoms with Crippen LogP contribution in [0.4, 0.5) is 5.69 Å². The van der Waals surface area contributed by atoms with Crippen molar-refractivity contribution < 1.29 is 9.90 Å². The lowest BCUT2D eigenvalue weighted by atomic mass is 10.0. The summed E-state index contributed by atoms with van der Waals surface area (Å²) in [4.78, 5) is 11.7. The number of aliphatic hydroxyl groups is 1. The summed E-state index contributed by atoms with van der Waals surface area (Å²) in [6.07, 6.45) is 1.17. The van der Waals surface area contributed by atoms with Crippen molar-refractivity contribution in [3.05, 3.63) is 66.2 Å². The highest BCUT2D eigenvalue weighted by molar-refractivity contribution is 5.90. The van der Waals surface area contributed by atoms with E-state index in [0.717, 1.165) is 11.3 Å². The van der Waals surface area contributed by atoms with Gasteiger partial charge in [0.2, 0.25) is 5.91 Å². The van der Waals surface area contributed by atoms with Crippen LogP contribution in [0.5, 0.6) is 0 Å². The van der Waals surface area contributed by atoms with E-state index in [4.69, 9.17) is 0 Å². The zero-order chi connectivity index (χ0) is 14.2. The topological polar surface area (TPSA) is 49.3 Å². The van der Waals surface area contributed by atoms with Gasteiger partial charge in [-0.15, -0.1) is 0 Å². The van der Waals surface area contributed by atoms with Crippen LogP contribution >= 0.6 is 0 Å². The molecule has 0 aliphatic heterocycles. The van der Waals surface area contributed by atoms with Crippen LogP contribution in [-0.4, -0.2) is 11.0 Å². The van der Waals surface area contributed by atoms with Crippen molar-refractivity contribution in [2.45, 2.75) is 25.4 Å². The number of anilines is 1. The number of para-hydroxylation sites is 1. The first-order valence-corrected chi connectivity index (χ1v) is 6.83. The van der Waals surface area contributed by atoms with E-state index in [-0.39, 0.29) is 5.91 Å². The average Bonchev–Trinajstić information content (AvgIpc) is 2.49. The number of hydrogen-bond acceptors (Lipinski definition) is 2. The van der Waals surface area contributed by atoms with E-state index < -0.39 is 6.10 Å². The first-order valence-electron chi connectivity index (χ1n) is 6.83. The van der Waals surface area contributed by atoms with E-state index >= 15 is 0 Å². The molecule has 3 nitrogen and oxygen atoms in total. The van der Waals surface area contributed by atoms with E-state index in [0.29, 0.717) is 19.3 Å². The van der Waals surface area contributed by atoms with Crippen molar-refractivity contribution in [2.75, 3.05) is 5.32 Å². The number of aliphatic hydroxyl groups excluding tert-OH is 1. The Morgan fingerprint density at radius 3 is 2.25 bits per heavy atom. The molecule has 104 valence electrons. The number of carbonyl (C=O) groups excluding carboxylic acids is 1. The highest BCUT2D eigenvalue weighted by Gasteiger charge is 2.08. The molecule has 0 saturated carbocycles. The molecule has 0 radical (unpaired) electrons. The van der Waals surface area contributed by atoms with E-state index in [1.807, 2.05) is 60.7 Å². The van der Waals surface area contributed by atoms with Gasteiger partial charge in [-0.2, -0.15) is 0 Å². The van der Waals surface area contributed by atoms with E-state index in [1.54, 1.807) is 0 Å². The largest absolute Gasteiger partial charge is 0.388 e. The quantitative estimate of drug-likeness (QED) is 0.842. The SMILES string of the molecule is O=C(CCCC(O)c1ccccc1)Nc1ccccc1. The van der Waals surface area contributed by atoms with Crippen molar-refractivity contribution in [3.8, 4) is 0 Å². The third kappa shape index (κ3) is 4.52. The van der Waals surface area contributed by atoms with Crippen molar-refractivity contribution in [1.29, 1.82) is 0 Å². The fraction of sp³-hybridized carbons (Fsp3) is 0.235. The number of benzene rings is 2. The number of rotatable bonds is 6. The summed E-state index contributed by atoms with van der Waals surface area (Å²) in [5, 5.41) is 12.8. The van der Waals surface area contributed by atoms with Gasteiger partial charge in [-0.3, -0.25) is 4.79 Å². The molecule has 2 aromatic carbocycles. The molecule has 0 aliphatic rings. The highest BCUT2D eigenvalue weighted by atomic mass is 16.3. The Hall–Kier alpha value is -2.13.